The van der Waals surface area contributed by atoms with E-state index in [0.717, 1.165) is 0 Å². The van der Waals surface area contributed by atoms with Crippen LogP contribution in [-0.4, -0.2) is 22.1 Å². The molecule has 1 aliphatic heterocycles. The smallest absolute Gasteiger partial charge is 0.336 e. The fourth-order valence-electron chi connectivity index (χ4n) is 2.79. The Morgan fingerprint density at radius 3 is 2.73 bits per heavy atom. The van der Waals surface area contributed by atoms with Gasteiger partial charge in [-0.1, -0.05) is 12.1 Å². The number of dihydropyridines is 1. The van der Waals surface area contributed by atoms with Gasteiger partial charge in [0.05, 0.1) is 39.2 Å². The molecule has 1 atom stereocenters. The third-order valence-corrected chi connectivity index (χ3v) is 4.40. The van der Waals surface area contributed by atoms with Gasteiger partial charge in [-0.05, 0) is 19.4 Å². The Labute approximate surface area is 161 Å². The minimum atomic E-state index is -0.808. The molecule has 1 N–H and O–H groups in total. The normalized spacial score (nSPS) is 17.0. The topological polar surface area (TPSA) is 105 Å². The van der Waals surface area contributed by atoms with Gasteiger partial charge < -0.3 is 10.1 Å². The number of hydrogen-bond acceptors (Lipinski definition) is 8. The number of nitriles is 1. The number of rotatable bonds is 5. The standard InChI is InChI=1S/C17H17N3O4S2/c1-3-24-16(21)14-13(10-5-4-6-11(7-10)20(22)23)12(8-18)9(2)19-15(14)17(25)26/h4-7,13,17,19,25-26H,3H2,1-2H3. The van der Waals surface area contributed by atoms with Crippen LogP contribution in [0, 0.1) is 21.4 Å². The highest BCUT2D eigenvalue weighted by Gasteiger charge is 2.37. The fraction of sp³-hybridized carbons (Fsp3) is 0.294. The maximum Gasteiger partial charge on any atom is 0.336 e. The van der Waals surface area contributed by atoms with Crippen LogP contribution in [0.1, 0.15) is 25.3 Å². The Bertz CT molecular complexity index is 856. The lowest BCUT2D eigenvalue weighted by Crippen LogP contribution is -2.32. The average Bonchev–Trinajstić information content (AvgIpc) is 2.60. The van der Waals surface area contributed by atoms with Crippen LogP contribution in [0.3, 0.4) is 0 Å². The molecular weight excluding hydrogens is 374 g/mol. The van der Waals surface area contributed by atoms with Crippen molar-refractivity contribution in [3.05, 3.63) is 62.5 Å². The average molecular weight is 391 g/mol. The quantitative estimate of drug-likeness (QED) is 0.234. The van der Waals surface area contributed by atoms with Crippen LogP contribution < -0.4 is 5.32 Å². The van der Waals surface area contributed by atoms with E-state index in [2.05, 4.69) is 36.6 Å². The summed E-state index contributed by atoms with van der Waals surface area (Å²) in [7, 11) is 0. The van der Waals surface area contributed by atoms with E-state index >= 15 is 0 Å². The molecule has 0 aromatic heterocycles. The van der Waals surface area contributed by atoms with Crippen LogP contribution in [0.4, 0.5) is 5.69 Å². The number of hydrogen-bond donors (Lipinski definition) is 3. The van der Waals surface area contributed by atoms with Crippen LogP contribution in [-0.2, 0) is 9.53 Å². The van der Waals surface area contributed by atoms with Crippen molar-refractivity contribution < 1.29 is 14.5 Å². The van der Waals surface area contributed by atoms with Gasteiger partial charge in [-0.3, -0.25) is 10.1 Å². The molecule has 1 aromatic rings. The lowest BCUT2D eigenvalue weighted by molar-refractivity contribution is -0.384. The molecule has 0 saturated carbocycles. The third kappa shape index (κ3) is 3.86. The number of ether oxygens (including phenoxy) is 1. The zero-order chi connectivity index (χ0) is 19.4. The van der Waals surface area contributed by atoms with Crippen molar-refractivity contribution in [1.29, 1.82) is 5.26 Å². The van der Waals surface area contributed by atoms with E-state index in [0.29, 0.717) is 17.0 Å². The predicted octanol–water partition coefficient (Wildman–Crippen LogP) is 3.08. The molecule has 9 heteroatoms. The van der Waals surface area contributed by atoms with Gasteiger partial charge in [0.25, 0.3) is 5.69 Å². The molecule has 1 heterocycles. The third-order valence-electron chi connectivity index (χ3n) is 3.88. The minimum absolute atomic E-state index is 0.131. The Balaban J connectivity index is 2.74. The molecule has 1 aliphatic rings. The second kappa shape index (κ2) is 8.29. The number of nitrogens with one attached hydrogen (secondary N) is 1. The first kappa shape index (κ1) is 19.9. The summed E-state index contributed by atoms with van der Waals surface area (Å²) in [4.78, 5) is 23.2. The summed E-state index contributed by atoms with van der Waals surface area (Å²) in [5.41, 5.74) is 1.68. The fourth-order valence-corrected chi connectivity index (χ4v) is 3.20. The van der Waals surface area contributed by atoms with Gasteiger partial charge in [0.1, 0.15) is 0 Å². The number of nitrogens with zero attached hydrogens (tertiary/aromatic N) is 2. The molecule has 0 fully saturated rings. The second-order valence-electron chi connectivity index (χ2n) is 5.48. The summed E-state index contributed by atoms with van der Waals surface area (Å²) in [5.74, 6) is -1.43. The number of thiol groups is 2. The Morgan fingerprint density at radius 2 is 2.19 bits per heavy atom. The number of nitro benzene ring substituents is 1. The van der Waals surface area contributed by atoms with Crippen molar-refractivity contribution in [1.82, 2.24) is 5.32 Å². The zero-order valence-corrected chi connectivity index (χ0v) is 15.9. The molecule has 0 aliphatic carbocycles. The summed E-state index contributed by atoms with van der Waals surface area (Å²) in [6.45, 7) is 3.50. The van der Waals surface area contributed by atoms with Crippen molar-refractivity contribution in [2.24, 2.45) is 0 Å². The van der Waals surface area contributed by atoms with Gasteiger partial charge in [-0.2, -0.15) is 30.5 Å². The SMILES string of the molecule is CCOC(=O)C1=C(C(S)S)NC(C)=C(C#N)C1c1cccc([N+](=O)[O-])c1. The van der Waals surface area contributed by atoms with Crippen LogP contribution in [0.15, 0.2) is 46.8 Å². The number of benzene rings is 1. The van der Waals surface area contributed by atoms with E-state index in [-0.39, 0.29) is 23.4 Å². The minimum Gasteiger partial charge on any atom is -0.463 e. The molecular formula is C17H17N3O4S2. The monoisotopic (exact) mass is 391 g/mol. The first-order valence-corrected chi connectivity index (χ1v) is 8.74. The molecule has 0 radical (unpaired) electrons. The highest BCUT2D eigenvalue weighted by molar-refractivity contribution is 7.99. The number of nitro groups is 1. The Morgan fingerprint density at radius 1 is 1.50 bits per heavy atom. The predicted molar refractivity (Wildman–Crippen MR) is 103 cm³/mol. The molecule has 2 rings (SSSR count). The van der Waals surface area contributed by atoms with E-state index in [1.807, 2.05) is 0 Å². The van der Waals surface area contributed by atoms with Crippen molar-refractivity contribution >= 4 is 36.9 Å². The summed E-state index contributed by atoms with van der Waals surface area (Å²) in [5, 5.41) is 23.8. The van der Waals surface area contributed by atoms with Gasteiger partial charge in [-0.25, -0.2) is 4.79 Å². The van der Waals surface area contributed by atoms with Crippen molar-refractivity contribution in [3.8, 4) is 6.07 Å². The number of esters is 1. The molecule has 1 aromatic carbocycles. The van der Waals surface area contributed by atoms with Crippen LogP contribution >= 0.6 is 25.3 Å². The molecule has 0 spiro atoms. The largest absolute Gasteiger partial charge is 0.463 e. The molecule has 0 saturated heterocycles. The Kier molecular flexibility index (Phi) is 6.34. The molecule has 0 bridgehead atoms. The number of carbonyl (C=O) groups excluding carboxylic acids is 1. The van der Waals surface area contributed by atoms with E-state index < -0.39 is 21.4 Å². The number of allylic oxidation sites excluding steroid dienone is 2. The van der Waals surface area contributed by atoms with Gasteiger partial charge in [0.2, 0.25) is 0 Å². The van der Waals surface area contributed by atoms with Crippen LogP contribution in [0.2, 0.25) is 0 Å². The van der Waals surface area contributed by atoms with Gasteiger partial charge in [0.15, 0.2) is 0 Å². The van der Waals surface area contributed by atoms with Crippen molar-refractivity contribution in [2.75, 3.05) is 6.61 Å². The molecule has 136 valence electrons. The van der Waals surface area contributed by atoms with Crippen molar-refractivity contribution in [2.45, 2.75) is 24.3 Å². The highest BCUT2D eigenvalue weighted by atomic mass is 32.2. The maximum atomic E-state index is 12.6. The number of non-ortho nitro benzene ring substituents is 1. The van der Waals surface area contributed by atoms with Gasteiger partial charge in [0, 0.05) is 23.5 Å². The molecule has 7 nitrogen and oxygen atoms in total. The zero-order valence-electron chi connectivity index (χ0n) is 14.1. The van der Waals surface area contributed by atoms with E-state index in [9.17, 15) is 20.2 Å². The molecule has 26 heavy (non-hydrogen) atoms. The highest BCUT2D eigenvalue weighted by Crippen LogP contribution is 2.40. The Hall–Kier alpha value is -2.44. The van der Waals surface area contributed by atoms with Gasteiger partial charge >= 0.3 is 5.97 Å². The van der Waals surface area contributed by atoms with Crippen LogP contribution in [0.5, 0.6) is 0 Å². The second-order valence-corrected chi connectivity index (χ2v) is 6.92. The summed E-state index contributed by atoms with van der Waals surface area (Å²) in [6, 6.07) is 7.94. The summed E-state index contributed by atoms with van der Waals surface area (Å²) < 4.78 is 4.52. The van der Waals surface area contributed by atoms with Crippen molar-refractivity contribution in [3.63, 3.8) is 0 Å². The number of carbonyl (C=O) groups is 1. The first-order valence-electron chi connectivity index (χ1n) is 7.71. The van der Waals surface area contributed by atoms with Crippen LogP contribution in [0.25, 0.3) is 0 Å². The van der Waals surface area contributed by atoms with Gasteiger partial charge in [-0.15, -0.1) is 0 Å². The molecule has 1 unspecified atom stereocenters. The lowest BCUT2D eigenvalue weighted by Gasteiger charge is -2.30. The van der Waals surface area contributed by atoms with E-state index in [4.69, 9.17) is 4.74 Å². The first-order chi connectivity index (χ1) is 12.3. The van der Waals surface area contributed by atoms with E-state index in [1.165, 1.54) is 18.2 Å². The maximum absolute atomic E-state index is 12.6. The molecule has 0 amide bonds. The summed E-state index contributed by atoms with van der Waals surface area (Å²) >= 11 is 8.58. The lowest BCUT2D eigenvalue weighted by atomic mass is 9.81. The van der Waals surface area contributed by atoms with E-state index in [1.54, 1.807) is 19.9 Å². The summed E-state index contributed by atoms with van der Waals surface area (Å²) in [6.07, 6.45) is 0.